The van der Waals surface area contributed by atoms with Crippen LogP contribution in [0.15, 0.2) is 24.3 Å². The van der Waals surface area contributed by atoms with Gasteiger partial charge in [0.25, 0.3) is 0 Å². The van der Waals surface area contributed by atoms with Crippen molar-refractivity contribution in [2.24, 2.45) is 52.3 Å². The van der Waals surface area contributed by atoms with Crippen molar-refractivity contribution in [3.05, 3.63) is 30.1 Å². The van der Waals surface area contributed by atoms with E-state index >= 15 is 0 Å². The van der Waals surface area contributed by atoms with E-state index in [1.807, 2.05) is 0 Å². The molecule has 0 radical (unpaired) electrons. The van der Waals surface area contributed by atoms with Gasteiger partial charge in [0.2, 0.25) is 0 Å². The highest BCUT2D eigenvalue weighted by Crippen LogP contribution is 2.69. The molecule has 3 N–H and O–H groups in total. The van der Waals surface area contributed by atoms with E-state index < -0.39 is 25.6 Å². The van der Waals surface area contributed by atoms with Crippen LogP contribution < -0.4 is 9.61 Å². The number of hydrogen-bond donors (Lipinski definition) is 3. The van der Waals surface area contributed by atoms with Crippen molar-refractivity contribution in [1.29, 1.82) is 0 Å². The topological polar surface area (TPSA) is 114 Å². The normalized spacial score (nSPS) is 39.2. The third kappa shape index (κ3) is 7.36. The first-order valence-electron chi connectivity index (χ1n) is 18.2. The third-order valence-electron chi connectivity index (χ3n) is 13.1. The molecule has 4 saturated carbocycles. The van der Waals surface area contributed by atoms with Gasteiger partial charge in [0, 0.05) is 0 Å². The number of benzene rings is 1. The molecule has 0 amide bonds. The zero-order chi connectivity index (χ0) is 34.3. The summed E-state index contributed by atoms with van der Waals surface area (Å²) in [6.45, 7) is 14.6. The second kappa shape index (κ2) is 14.4. The smallest absolute Gasteiger partial charge is 0.459 e. The standard InChI is InChI=1S/C37H59FNO7P/c1-8-28-32-21-26(40)15-18-37(32,7)31-16-19-36(6)29(13-14-30(36)33(31)34(28)41)23(4)17-20-44-47(43,39-24(5)35(42)45-22(2)3)46-27-11-9-25(38)10-12-27/h9-12,22-24,26,28-34,40-41H,8,13-21H2,1-7H3,(H,39,43)/t23-,24+,26-,28-,29-,30?,31?,32?,33?,34-,36-,37-,47?/m1/s1. The summed E-state index contributed by atoms with van der Waals surface area (Å²) in [5.41, 5.74) is 0.263. The van der Waals surface area contributed by atoms with Crippen molar-refractivity contribution in [3.63, 3.8) is 0 Å². The van der Waals surface area contributed by atoms with Crippen LogP contribution in [0.4, 0.5) is 4.39 Å². The van der Waals surface area contributed by atoms with Crippen LogP contribution in [0.1, 0.15) is 106 Å². The third-order valence-corrected chi connectivity index (χ3v) is 14.8. The van der Waals surface area contributed by atoms with Crippen molar-refractivity contribution in [2.45, 2.75) is 131 Å². The van der Waals surface area contributed by atoms with E-state index in [9.17, 15) is 24.0 Å². The number of nitrogens with one attached hydrogen (secondary N) is 1. The second-order valence-corrected chi connectivity index (χ2v) is 17.8. The summed E-state index contributed by atoms with van der Waals surface area (Å²) in [4.78, 5) is 12.5. The number of ether oxygens (including phenoxy) is 1. The van der Waals surface area contributed by atoms with Gasteiger partial charge < -0.3 is 19.5 Å². The van der Waals surface area contributed by atoms with E-state index in [-0.39, 0.29) is 59.3 Å². The SMILES string of the molecule is CC[C@@H]1C2C[C@H](O)CC[C@]2(C)C2CC[C@@]3(C)C(CC[C@@H]3[C@H](C)CCOP(=O)(N[C@@H](C)C(=O)OC(C)C)Oc3ccc(F)cc3)C2[C@@H]1O. The fourth-order valence-corrected chi connectivity index (χ4v) is 12.3. The van der Waals surface area contributed by atoms with Gasteiger partial charge >= 0.3 is 13.7 Å². The molecule has 4 aliphatic rings. The van der Waals surface area contributed by atoms with Gasteiger partial charge in [-0.15, -0.1) is 0 Å². The van der Waals surface area contributed by atoms with E-state index in [1.54, 1.807) is 20.8 Å². The molecule has 4 aliphatic carbocycles. The lowest BCUT2D eigenvalue weighted by Gasteiger charge is -2.64. The molecule has 8 nitrogen and oxygen atoms in total. The Morgan fingerprint density at radius 1 is 1.00 bits per heavy atom. The first kappa shape index (κ1) is 36.8. The Balaban J connectivity index is 1.27. The predicted octanol–water partition coefficient (Wildman–Crippen LogP) is 7.91. The number of hydrogen-bond acceptors (Lipinski definition) is 7. The van der Waals surface area contributed by atoms with Gasteiger partial charge in [0.05, 0.1) is 24.9 Å². The Morgan fingerprint density at radius 3 is 2.32 bits per heavy atom. The van der Waals surface area contributed by atoms with Gasteiger partial charge in [0.15, 0.2) is 0 Å². The lowest BCUT2D eigenvalue weighted by molar-refractivity contribution is -0.203. The maximum Gasteiger partial charge on any atom is 0.459 e. The molecule has 0 aliphatic heterocycles. The number of carbonyl (C=O) groups excluding carboxylic acids is 1. The largest absolute Gasteiger partial charge is 0.462 e. The summed E-state index contributed by atoms with van der Waals surface area (Å²) in [5.74, 6) is 1.69. The van der Waals surface area contributed by atoms with E-state index in [0.29, 0.717) is 30.1 Å². The maximum atomic E-state index is 14.0. The quantitative estimate of drug-likeness (QED) is 0.151. The van der Waals surface area contributed by atoms with E-state index in [0.717, 1.165) is 51.4 Å². The molecule has 1 aromatic rings. The molecular formula is C37H59FNO7P. The molecule has 13 atom stereocenters. The number of aliphatic hydroxyl groups excluding tert-OH is 2. The van der Waals surface area contributed by atoms with Gasteiger partial charge in [-0.1, -0.05) is 34.1 Å². The molecule has 0 heterocycles. The van der Waals surface area contributed by atoms with Crippen LogP contribution in [-0.4, -0.2) is 47.1 Å². The molecular weight excluding hydrogens is 620 g/mol. The first-order valence-corrected chi connectivity index (χ1v) is 19.7. The molecule has 5 rings (SSSR count). The average Bonchev–Trinajstić information content (AvgIpc) is 3.36. The maximum absolute atomic E-state index is 14.0. The van der Waals surface area contributed by atoms with Crippen LogP contribution >= 0.6 is 7.75 Å². The lowest BCUT2D eigenvalue weighted by Crippen LogP contribution is -2.62. The summed E-state index contributed by atoms with van der Waals surface area (Å²) in [7, 11) is -4.03. The minimum absolute atomic E-state index is 0.0961. The van der Waals surface area contributed by atoms with Gasteiger partial charge in [-0.05, 0) is 149 Å². The summed E-state index contributed by atoms with van der Waals surface area (Å²) in [6.07, 6.45) is 7.86. The van der Waals surface area contributed by atoms with Gasteiger partial charge in [-0.2, -0.15) is 5.09 Å². The Kier molecular flexibility index (Phi) is 11.2. The number of carbonyl (C=O) groups is 1. The highest BCUT2D eigenvalue weighted by atomic mass is 31.2. The second-order valence-electron chi connectivity index (χ2n) is 16.1. The van der Waals surface area contributed by atoms with Gasteiger partial charge in [0.1, 0.15) is 17.6 Å². The fraction of sp³-hybridized carbons (Fsp3) is 0.811. The highest BCUT2D eigenvalue weighted by Gasteiger charge is 2.64. The Morgan fingerprint density at radius 2 is 1.66 bits per heavy atom. The van der Waals surface area contributed by atoms with Crippen molar-refractivity contribution in [3.8, 4) is 5.75 Å². The van der Waals surface area contributed by atoms with E-state index in [4.69, 9.17) is 13.8 Å². The summed E-state index contributed by atoms with van der Waals surface area (Å²) < 4.78 is 44.5. The molecule has 0 saturated heterocycles. The fourth-order valence-electron chi connectivity index (χ4n) is 10.8. The van der Waals surface area contributed by atoms with Crippen LogP contribution in [0.2, 0.25) is 0 Å². The number of esters is 1. The summed E-state index contributed by atoms with van der Waals surface area (Å²) >= 11 is 0. The zero-order valence-corrected chi connectivity index (χ0v) is 30.4. The van der Waals surface area contributed by atoms with Crippen molar-refractivity contribution >= 4 is 13.7 Å². The number of fused-ring (bicyclic) bond motifs is 5. The molecule has 0 aromatic heterocycles. The Hall–Kier alpha value is -1.51. The lowest BCUT2D eigenvalue weighted by atomic mass is 9.41. The Labute approximate surface area is 281 Å². The van der Waals surface area contributed by atoms with Crippen LogP contribution in [0.3, 0.4) is 0 Å². The number of aliphatic hydroxyl groups is 2. The van der Waals surface area contributed by atoms with Crippen LogP contribution in [0, 0.1) is 58.1 Å². The summed E-state index contributed by atoms with van der Waals surface area (Å²) in [5, 5.41) is 25.3. The Bertz CT molecular complexity index is 1280. The molecule has 10 heteroatoms. The molecule has 5 unspecified atom stereocenters. The van der Waals surface area contributed by atoms with Gasteiger partial charge in [-0.25, -0.2) is 8.96 Å². The minimum Gasteiger partial charge on any atom is -0.462 e. The van der Waals surface area contributed by atoms with Crippen LogP contribution in [0.25, 0.3) is 0 Å². The predicted molar refractivity (Wildman–Crippen MR) is 180 cm³/mol. The molecule has 0 bridgehead atoms. The van der Waals surface area contributed by atoms with Crippen molar-refractivity contribution in [1.82, 2.24) is 5.09 Å². The van der Waals surface area contributed by atoms with Gasteiger partial charge in [-0.3, -0.25) is 9.32 Å². The van der Waals surface area contributed by atoms with Crippen LogP contribution in [0.5, 0.6) is 5.75 Å². The van der Waals surface area contributed by atoms with E-state index in [2.05, 4.69) is 32.8 Å². The molecule has 47 heavy (non-hydrogen) atoms. The van der Waals surface area contributed by atoms with E-state index in [1.165, 1.54) is 24.3 Å². The number of halogens is 1. The van der Waals surface area contributed by atoms with Crippen molar-refractivity contribution in [2.75, 3.05) is 6.61 Å². The van der Waals surface area contributed by atoms with Crippen molar-refractivity contribution < 1.29 is 37.7 Å². The number of rotatable bonds is 12. The minimum atomic E-state index is -4.03. The molecule has 1 aromatic carbocycles. The average molecular weight is 680 g/mol. The monoisotopic (exact) mass is 679 g/mol. The van der Waals surface area contributed by atoms with Crippen LogP contribution in [-0.2, 0) is 18.6 Å². The molecule has 266 valence electrons. The summed E-state index contributed by atoms with van der Waals surface area (Å²) in [6, 6.07) is 4.24. The first-order chi connectivity index (χ1) is 22.1. The zero-order valence-electron chi connectivity index (χ0n) is 29.5. The molecule has 4 fully saturated rings. The highest BCUT2D eigenvalue weighted by molar-refractivity contribution is 7.52. The molecule has 0 spiro atoms.